The van der Waals surface area contributed by atoms with Gasteiger partial charge in [0, 0.05) is 13.1 Å². The van der Waals surface area contributed by atoms with Crippen molar-refractivity contribution in [3.8, 4) is 0 Å². The molecule has 0 aliphatic heterocycles. The maximum Gasteiger partial charge on any atom is 0.242 e. The SMILES string of the molecule is CCN(Cc1ccccc1)C(=O)CNC(=O)CN. The quantitative estimate of drug-likeness (QED) is 0.751. The summed E-state index contributed by atoms with van der Waals surface area (Å²) in [6, 6.07) is 9.74. The van der Waals surface area contributed by atoms with Gasteiger partial charge in [0.05, 0.1) is 13.1 Å². The van der Waals surface area contributed by atoms with Gasteiger partial charge in [-0.1, -0.05) is 30.3 Å². The van der Waals surface area contributed by atoms with E-state index in [4.69, 9.17) is 5.73 Å². The average Bonchev–Trinajstić information content (AvgIpc) is 2.42. The summed E-state index contributed by atoms with van der Waals surface area (Å²) < 4.78 is 0. The number of carbonyl (C=O) groups excluding carboxylic acids is 2. The summed E-state index contributed by atoms with van der Waals surface area (Å²) in [6.07, 6.45) is 0. The van der Waals surface area contributed by atoms with Crippen molar-refractivity contribution >= 4 is 11.8 Å². The van der Waals surface area contributed by atoms with Crippen LogP contribution in [0.3, 0.4) is 0 Å². The molecule has 0 spiro atoms. The second-order valence-corrected chi connectivity index (χ2v) is 3.87. The summed E-state index contributed by atoms with van der Waals surface area (Å²) in [4.78, 5) is 24.5. The fraction of sp³-hybridized carbons (Fsp3) is 0.385. The number of rotatable bonds is 6. The van der Waals surface area contributed by atoms with Crippen LogP contribution in [0.5, 0.6) is 0 Å². The van der Waals surface area contributed by atoms with Crippen LogP contribution in [0.1, 0.15) is 12.5 Å². The highest BCUT2D eigenvalue weighted by atomic mass is 16.2. The highest BCUT2D eigenvalue weighted by Gasteiger charge is 2.12. The Kier molecular flexibility index (Phi) is 5.87. The normalized spacial score (nSPS) is 9.89. The first-order valence-electron chi connectivity index (χ1n) is 5.95. The zero-order chi connectivity index (χ0) is 13.4. The zero-order valence-corrected chi connectivity index (χ0v) is 10.6. The van der Waals surface area contributed by atoms with E-state index < -0.39 is 0 Å². The van der Waals surface area contributed by atoms with Crippen LogP contribution in [0.2, 0.25) is 0 Å². The van der Waals surface area contributed by atoms with Crippen molar-refractivity contribution in [2.24, 2.45) is 5.73 Å². The van der Waals surface area contributed by atoms with E-state index in [1.807, 2.05) is 37.3 Å². The molecular formula is C13H19N3O2. The lowest BCUT2D eigenvalue weighted by Gasteiger charge is -2.21. The Morgan fingerprint density at radius 2 is 1.94 bits per heavy atom. The van der Waals surface area contributed by atoms with Crippen molar-refractivity contribution < 1.29 is 9.59 Å². The summed E-state index contributed by atoms with van der Waals surface area (Å²) in [5.41, 5.74) is 6.22. The predicted molar refractivity (Wildman–Crippen MR) is 69.6 cm³/mol. The van der Waals surface area contributed by atoms with Gasteiger partial charge in [0.15, 0.2) is 0 Å². The molecule has 18 heavy (non-hydrogen) atoms. The summed E-state index contributed by atoms with van der Waals surface area (Å²) in [5.74, 6) is -0.428. The maximum absolute atomic E-state index is 11.9. The maximum atomic E-state index is 11.9. The smallest absolute Gasteiger partial charge is 0.242 e. The number of benzene rings is 1. The number of likely N-dealkylation sites (N-methyl/N-ethyl adjacent to an activating group) is 1. The Morgan fingerprint density at radius 3 is 2.50 bits per heavy atom. The third-order valence-corrected chi connectivity index (χ3v) is 2.57. The topological polar surface area (TPSA) is 75.4 Å². The van der Waals surface area contributed by atoms with Crippen LogP contribution in [0.4, 0.5) is 0 Å². The molecule has 0 fully saturated rings. The number of nitrogens with zero attached hydrogens (tertiary/aromatic N) is 1. The van der Waals surface area contributed by atoms with Gasteiger partial charge < -0.3 is 16.0 Å². The van der Waals surface area contributed by atoms with Gasteiger partial charge in [-0.05, 0) is 12.5 Å². The average molecular weight is 249 g/mol. The molecule has 0 unspecified atom stereocenters. The molecule has 0 saturated carbocycles. The molecule has 0 heterocycles. The molecule has 0 aromatic heterocycles. The number of carbonyl (C=O) groups is 2. The molecule has 5 nitrogen and oxygen atoms in total. The number of amides is 2. The first-order chi connectivity index (χ1) is 8.67. The minimum Gasteiger partial charge on any atom is -0.346 e. The molecule has 0 aliphatic rings. The highest BCUT2D eigenvalue weighted by Crippen LogP contribution is 2.04. The van der Waals surface area contributed by atoms with Gasteiger partial charge in [0.1, 0.15) is 0 Å². The Bertz CT molecular complexity index is 392. The predicted octanol–water partition coefficient (Wildman–Crippen LogP) is 0.110. The lowest BCUT2D eigenvalue weighted by atomic mass is 10.2. The van der Waals surface area contributed by atoms with Crippen LogP contribution in [0.15, 0.2) is 30.3 Å². The third-order valence-electron chi connectivity index (χ3n) is 2.57. The van der Waals surface area contributed by atoms with Crippen molar-refractivity contribution in [2.75, 3.05) is 19.6 Å². The highest BCUT2D eigenvalue weighted by molar-refractivity contribution is 5.85. The van der Waals surface area contributed by atoms with E-state index in [0.29, 0.717) is 13.1 Å². The van der Waals surface area contributed by atoms with E-state index in [1.54, 1.807) is 4.90 Å². The van der Waals surface area contributed by atoms with Crippen LogP contribution in [-0.2, 0) is 16.1 Å². The molecular weight excluding hydrogens is 230 g/mol. The van der Waals surface area contributed by atoms with Crippen molar-refractivity contribution in [1.82, 2.24) is 10.2 Å². The molecule has 5 heteroatoms. The fourth-order valence-electron chi connectivity index (χ4n) is 1.54. The van der Waals surface area contributed by atoms with Crippen LogP contribution in [-0.4, -0.2) is 36.3 Å². The third kappa shape index (κ3) is 4.55. The van der Waals surface area contributed by atoms with Crippen LogP contribution in [0.25, 0.3) is 0 Å². The van der Waals surface area contributed by atoms with Gasteiger partial charge in [-0.2, -0.15) is 0 Å². The lowest BCUT2D eigenvalue weighted by molar-refractivity contribution is -0.132. The molecule has 98 valence electrons. The van der Waals surface area contributed by atoms with Crippen molar-refractivity contribution in [3.05, 3.63) is 35.9 Å². The van der Waals surface area contributed by atoms with Gasteiger partial charge in [0.25, 0.3) is 0 Å². The van der Waals surface area contributed by atoms with Crippen molar-refractivity contribution in [3.63, 3.8) is 0 Å². The van der Waals surface area contributed by atoms with Gasteiger partial charge in [-0.15, -0.1) is 0 Å². The van der Waals surface area contributed by atoms with Gasteiger partial charge in [-0.25, -0.2) is 0 Å². The Labute approximate surface area is 107 Å². The van der Waals surface area contributed by atoms with Crippen molar-refractivity contribution in [2.45, 2.75) is 13.5 Å². The number of nitrogens with two attached hydrogens (primary N) is 1. The fourth-order valence-corrected chi connectivity index (χ4v) is 1.54. The second kappa shape index (κ2) is 7.45. The van der Waals surface area contributed by atoms with Gasteiger partial charge >= 0.3 is 0 Å². The monoisotopic (exact) mass is 249 g/mol. The van der Waals surface area contributed by atoms with Gasteiger partial charge in [0.2, 0.25) is 11.8 Å². The van der Waals surface area contributed by atoms with Crippen LogP contribution < -0.4 is 11.1 Å². The molecule has 0 saturated heterocycles. The van der Waals surface area contributed by atoms with E-state index in [-0.39, 0.29) is 24.9 Å². The number of hydrogen-bond donors (Lipinski definition) is 2. The molecule has 3 N–H and O–H groups in total. The number of hydrogen-bond acceptors (Lipinski definition) is 3. The largest absolute Gasteiger partial charge is 0.346 e. The Morgan fingerprint density at radius 1 is 1.28 bits per heavy atom. The van der Waals surface area contributed by atoms with Gasteiger partial charge in [-0.3, -0.25) is 9.59 Å². The summed E-state index contributed by atoms with van der Waals surface area (Å²) in [6.45, 7) is 2.96. The summed E-state index contributed by atoms with van der Waals surface area (Å²) in [7, 11) is 0. The molecule has 0 aliphatic carbocycles. The Balaban J connectivity index is 2.50. The first kappa shape index (κ1) is 14.2. The molecule has 0 bridgehead atoms. The standard InChI is InChI=1S/C13H19N3O2/c1-2-16(10-11-6-4-3-5-7-11)13(18)9-15-12(17)8-14/h3-7H,2,8-10,14H2,1H3,(H,15,17). The first-order valence-corrected chi connectivity index (χ1v) is 5.95. The molecule has 1 aromatic rings. The summed E-state index contributed by atoms with van der Waals surface area (Å²) in [5, 5.41) is 2.48. The second-order valence-electron chi connectivity index (χ2n) is 3.87. The summed E-state index contributed by atoms with van der Waals surface area (Å²) >= 11 is 0. The van der Waals surface area contributed by atoms with E-state index in [1.165, 1.54) is 0 Å². The zero-order valence-electron chi connectivity index (χ0n) is 10.6. The number of nitrogens with one attached hydrogen (secondary N) is 1. The van der Waals surface area contributed by atoms with Crippen LogP contribution in [0, 0.1) is 0 Å². The van der Waals surface area contributed by atoms with E-state index in [2.05, 4.69) is 5.32 Å². The molecule has 2 amide bonds. The minimum absolute atomic E-state index is 0.00327. The molecule has 1 aromatic carbocycles. The van der Waals surface area contributed by atoms with E-state index >= 15 is 0 Å². The minimum atomic E-state index is -0.320. The van der Waals surface area contributed by atoms with E-state index in [0.717, 1.165) is 5.56 Å². The lowest BCUT2D eigenvalue weighted by Crippen LogP contribution is -2.41. The van der Waals surface area contributed by atoms with Crippen molar-refractivity contribution in [1.29, 1.82) is 0 Å². The molecule has 0 radical (unpaired) electrons. The Hall–Kier alpha value is -1.88. The molecule has 0 atom stereocenters. The molecule has 1 rings (SSSR count). The van der Waals surface area contributed by atoms with E-state index in [9.17, 15) is 9.59 Å². The van der Waals surface area contributed by atoms with Crippen LogP contribution >= 0.6 is 0 Å².